The zero-order chi connectivity index (χ0) is 10.6. The Balaban J connectivity index is 2.50. The topological polar surface area (TPSA) is 61.0 Å². The molecule has 1 aromatic heterocycles. The lowest BCUT2D eigenvalue weighted by molar-refractivity contribution is 0.217. The van der Waals surface area contributed by atoms with Crippen LogP contribution in [-0.2, 0) is 0 Å². The zero-order valence-electron chi connectivity index (χ0n) is 8.33. The molecule has 0 amide bonds. The molecule has 2 N–H and O–H groups in total. The first-order valence-corrected chi connectivity index (χ1v) is 4.82. The molecule has 0 aromatic carbocycles. The molecule has 1 unspecified atom stereocenters. The predicted molar refractivity (Wildman–Crippen MR) is 55.4 cm³/mol. The Kier molecular flexibility index (Phi) is 3.66. The fourth-order valence-electron chi connectivity index (χ4n) is 0.722. The fraction of sp³-hybridized carbons (Fsp3) is 0.556. The molecule has 0 spiro atoms. The summed E-state index contributed by atoms with van der Waals surface area (Å²) >= 11 is 5.58. The van der Waals surface area contributed by atoms with E-state index in [0.29, 0.717) is 17.6 Å². The summed E-state index contributed by atoms with van der Waals surface area (Å²) in [5.74, 6) is 0.444. The van der Waals surface area contributed by atoms with Crippen LogP contribution >= 0.6 is 11.6 Å². The van der Waals surface area contributed by atoms with Crippen LogP contribution in [0.4, 0.5) is 0 Å². The lowest BCUT2D eigenvalue weighted by Crippen LogP contribution is -2.41. The van der Waals surface area contributed by atoms with Gasteiger partial charge in [0, 0.05) is 11.6 Å². The third kappa shape index (κ3) is 3.47. The molecule has 0 saturated carbocycles. The van der Waals surface area contributed by atoms with Gasteiger partial charge in [0.25, 0.3) is 0 Å². The maximum atomic E-state index is 5.89. The average molecular weight is 216 g/mol. The van der Waals surface area contributed by atoms with Crippen molar-refractivity contribution in [3.8, 4) is 5.88 Å². The van der Waals surface area contributed by atoms with Crippen molar-refractivity contribution in [1.29, 1.82) is 0 Å². The van der Waals surface area contributed by atoms with Gasteiger partial charge < -0.3 is 10.5 Å². The standard InChI is InChI=1S/C9H14ClN3O/c1-3-9(2,11)6-14-8-5-4-7(10)12-13-8/h4-5H,3,6,11H2,1-2H3. The number of rotatable bonds is 4. The molecule has 0 aliphatic heterocycles. The smallest absolute Gasteiger partial charge is 0.233 e. The van der Waals surface area contributed by atoms with E-state index in [-0.39, 0.29) is 5.54 Å². The van der Waals surface area contributed by atoms with Crippen LogP contribution in [0.5, 0.6) is 5.88 Å². The van der Waals surface area contributed by atoms with Crippen molar-refractivity contribution in [2.45, 2.75) is 25.8 Å². The summed E-state index contributed by atoms with van der Waals surface area (Å²) in [5.41, 5.74) is 5.56. The third-order valence-electron chi connectivity index (χ3n) is 1.96. The van der Waals surface area contributed by atoms with Crippen LogP contribution in [0.15, 0.2) is 12.1 Å². The lowest BCUT2D eigenvalue weighted by Gasteiger charge is -2.21. The maximum Gasteiger partial charge on any atom is 0.233 e. The van der Waals surface area contributed by atoms with Gasteiger partial charge >= 0.3 is 0 Å². The quantitative estimate of drug-likeness (QED) is 0.830. The Morgan fingerprint density at radius 2 is 2.21 bits per heavy atom. The third-order valence-corrected chi connectivity index (χ3v) is 2.17. The van der Waals surface area contributed by atoms with Crippen molar-refractivity contribution in [1.82, 2.24) is 10.2 Å². The first-order valence-electron chi connectivity index (χ1n) is 4.44. The van der Waals surface area contributed by atoms with Crippen molar-refractivity contribution >= 4 is 11.6 Å². The highest BCUT2D eigenvalue weighted by Gasteiger charge is 2.16. The molecule has 0 bridgehead atoms. The monoisotopic (exact) mass is 215 g/mol. The van der Waals surface area contributed by atoms with Crippen LogP contribution < -0.4 is 10.5 Å². The van der Waals surface area contributed by atoms with Gasteiger partial charge in [0.05, 0.1) is 0 Å². The number of halogens is 1. The van der Waals surface area contributed by atoms with E-state index in [1.807, 2.05) is 13.8 Å². The minimum Gasteiger partial charge on any atom is -0.475 e. The lowest BCUT2D eigenvalue weighted by atomic mass is 10.0. The summed E-state index contributed by atoms with van der Waals surface area (Å²) in [6.45, 7) is 4.35. The molecule has 78 valence electrons. The number of hydrogen-bond donors (Lipinski definition) is 1. The Morgan fingerprint density at radius 3 is 2.71 bits per heavy atom. The Morgan fingerprint density at radius 1 is 1.50 bits per heavy atom. The van der Waals surface area contributed by atoms with Gasteiger partial charge in [-0.1, -0.05) is 18.5 Å². The van der Waals surface area contributed by atoms with E-state index in [0.717, 1.165) is 6.42 Å². The second-order valence-corrected chi connectivity index (χ2v) is 3.88. The molecule has 1 rings (SSSR count). The largest absolute Gasteiger partial charge is 0.475 e. The zero-order valence-corrected chi connectivity index (χ0v) is 9.08. The van der Waals surface area contributed by atoms with E-state index >= 15 is 0 Å². The molecular weight excluding hydrogens is 202 g/mol. The average Bonchev–Trinajstić information content (AvgIpc) is 2.17. The summed E-state index contributed by atoms with van der Waals surface area (Å²) < 4.78 is 5.36. The van der Waals surface area contributed by atoms with E-state index in [1.165, 1.54) is 0 Å². The van der Waals surface area contributed by atoms with Crippen molar-refractivity contribution in [3.63, 3.8) is 0 Å². The van der Waals surface area contributed by atoms with Crippen molar-refractivity contribution in [2.75, 3.05) is 6.61 Å². The summed E-state index contributed by atoms with van der Waals surface area (Å²) in [6, 6.07) is 3.30. The molecular formula is C9H14ClN3O. The van der Waals surface area contributed by atoms with Gasteiger partial charge in [0.15, 0.2) is 5.15 Å². The van der Waals surface area contributed by atoms with Crippen LogP contribution in [0.1, 0.15) is 20.3 Å². The second-order valence-electron chi connectivity index (χ2n) is 3.49. The minimum atomic E-state index is -0.332. The van der Waals surface area contributed by atoms with E-state index in [9.17, 15) is 0 Å². The Labute approximate surface area is 88.4 Å². The van der Waals surface area contributed by atoms with E-state index in [1.54, 1.807) is 12.1 Å². The number of nitrogens with zero attached hydrogens (tertiary/aromatic N) is 2. The number of ether oxygens (including phenoxy) is 1. The van der Waals surface area contributed by atoms with Gasteiger partial charge in [0.2, 0.25) is 5.88 Å². The van der Waals surface area contributed by atoms with Gasteiger partial charge in [-0.2, -0.15) is 0 Å². The number of hydrogen-bond acceptors (Lipinski definition) is 4. The summed E-state index contributed by atoms with van der Waals surface area (Å²) in [4.78, 5) is 0. The summed E-state index contributed by atoms with van der Waals surface area (Å²) in [5, 5.41) is 7.76. The molecule has 0 radical (unpaired) electrons. The molecule has 1 atom stereocenters. The molecule has 0 saturated heterocycles. The molecule has 1 heterocycles. The van der Waals surface area contributed by atoms with Crippen molar-refractivity contribution in [3.05, 3.63) is 17.3 Å². The van der Waals surface area contributed by atoms with Gasteiger partial charge in [-0.3, -0.25) is 0 Å². The van der Waals surface area contributed by atoms with Crippen LogP contribution in [0.2, 0.25) is 5.15 Å². The van der Waals surface area contributed by atoms with Gasteiger partial charge in [-0.05, 0) is 19.4 Å². The van der Waals surface area contributed by atoms with E-state index in [2.05, 4.69) is 10.2 Å². The highest BCUT2D eigenvalue weighted by Crippen LogP contribution is 2.11. The molecule has 5 heteroatoms. The van der Waals surface area contributed by atoms with Crippen molar-refractivity contribution in [2.24, 2.45) is 5.73 Å². The van der Waals surface area contributed by atoms with Gasteiger partial charge in [-0.25, -0.2) is 0 Å². The highest BCUT2D eigenvalue weighted by atomic mass is 35.5. The molecule has 0 fully saturated rings. The maximum absolute atomic E-state index is 5.89. The first kappa shape index (κ1) is 11.2. The van der Waals surface area contributed by atoms with Crippen LogP contribution in [-0.4, -0.2) is 22.3 Å². The molecule has 4 nitrogen and oxygen atoms in total. The summed E-state index contributed by atoms with van der Waals surface area (Å²) in [7, 11) is 0. The van der Waals surface area contributed by atoms with Gasteiger partial charge in [0.1, 0.15) is 6.61 Å². The number of nitrogens with two attached hydrogens (primary N) is 1. The predicted octanol–water partition coefficient (Wildman–Crippen LogP) is 1.64. The van der Waals surface area contributed by atoms with Crippen LogP contribution in [0.3, 0.4) is 0 Å². The Hall–Kier alpha value is -0.870. The van der Waals surface area contributed by atoms with Gasteiger partial charge in [-0.15, -0.1) is 10.2 Å². The van der Waals surface area contributed by atoms with E-state index in [4.69, 9.17) is 22.1 Å². The molecule has 14 heavy (non-hydrogen) atoms. The van der Waals surface area contributed by atoms with E-state index < -0.39 is 0 Å². The Bertz CT molecular complexity index is 287. The fourth-order valence-corrected chi connectivity index (χ4v) is 0.822. The summed E-state index contributed by atoms with van der Waals surface area (Å²) in [6.07, 6.45) is 0.841. The molecule has 0 aliphatic carbocycles. The highest BCUT2D eigenvalue weighted by molar-refractivity contribution is 6.29. The first-order chi connectivity index (χ1) is 6.53. The van der Waals surface area contributed by atoms with Crippen molar-refractivity contribution < 1.29 is 4.74 Å². The van der Waals surface area contributed by atoms with Crippen LogP contribution in [0.25, 0.3) is 0 Å². The molecule has 1 aromatic rings. The second kappa shape index (κ2) is 4.57. The molecule has 0 aliphatic rings. The SMILES string of the molecule is CCC(C)(N)COc1ccc(Cl)nn1. The normalized spacial score (nSPS) is 14.9. The minimum absolute atomic E-state index is 0.332. The number of aromatic nitrogens is 2. The van der Waals surface area contributed by atoms with Crippen LogP contribution in [0, 0.1) is 0 Å².